The van der Waals surface area contributed by atoms with Crippen molar-refractivity contribution < 1.29 is 23.4 Å². The molecule has 7 heteroatoms. The highest BCUT2D eigenvalue weighted by atomic mass is 32.2. The third-order valence-corrected chi connectivity index (χ3v) is 3.30. The predicted molar refractivity (Wildman–Crippen MR) is 60.7 cm³/mol. The number of aliphatic carboxylic acids is 1. The van der Waals surface area contributed by atoms with Crippen LogP contribution in [0, 0.1) is 0 Å². The molecule has 1 rings (SSSR count). The van der Waals surface area contributed by atoms with Crippen molar-refractivity contribution in [2.45, 2.75) is 11.9 Å². The average molecular weight is 259 g/mol. The molecule has 0 aliphatic rings. The van der Waals surface area contributed by atoms with Crippen LogP contribution in [0.4, 0.5) is 0 Å². The summed E-state index contributed by atoms with van der Waals surface area (Å²) >= 11 is 0. The molecule has 1 atom stereocenters. The van der Waals surface area contributed by atoms with E-state index in [1.165, 1.54) is 0 Å². The number of carboxylic acids is 1. The van der Waals surface area contributed by atoms with Crippen molar-refractivity contribution >= 4 is 16.0 Å². The Morgan fingerprint density at radius 1 is 1.29 bits per heavy atom. The fraction of sp³-hybridized carbons (Fsp3) is 0.300. The van der Waals surface area contributed by atoms with Crippen molar-refractivity contribution in [2.24, 2.45) is 0 Å². The molecule has 0 saturated carbocycles. The zero-order chi connectivity index (χ0) is 12.9. The molecule has 0 aliphatic heterocycles. The summed E-state index contributed by atoms with van der Waals surface area (Å²) in [7, 11) is -3.64. The molecule has 3 N–H and O–H groups in total. The first-order valence-electron chi connectivity index (χ1n) is 4.83. The standard InChI is InChI=1S/C10H13NO5S/c12-9(10(13)14)6-11-17(15,16)7-8-4-2-1-3-5-8/h1-5,9,11-12H,6-7H2,(H,13,14)/t9-/m0/s1. The zero-order valence-electron chi connectivity index (χ0n) is 8.91. The van der Waals surface area contributed by atoms with E-state index in [1.54, 1.807) is 30.3 Å². The number of sulfonamides is 1. The van der Waals surface area contributed by atoms with Crippen LogP contribution >= 0.6 is 0 Å². The van der Waals surface area contributed by atoms with Crippen LogP contribution in [0.2, 0.25) is 0 Å². The largest absolute Gasteiger partial charge is 0.479 e. The lowest BCUT2D eigenvalue weighted by Gasteiger charge is -2.08. The van der Waals surface area contributed by atoms with Gasteiger partial charge >= 0.3 is 5.97 Å². The van der Waals surface area contributed by atoms with Crippen LogP contribution in [0.1, 0.15) is 5.56 Å². The molecule has 0 aliphatic carbocycles. The lowest BCUT2D eigenvalue weighted by molar-refractivity contribution is -0.146. The van der Waals surface area contributed by atoms with Gasteiger partial charge < -0.3 is 10.2 Å². The number of aliphatic hydroxyl groups is 1. The molecular weight excluding hydrogens is 246 g/mol. The molecule has 0 aromatic heterocycles. The van der Waals surface area contributed by atoms with E-state index in [0.29, 0.717) is 5.56 Å². The van der Waals surface area contributed by atoms with Crippen molar-refractivity contribution in [1.82, 2.24) is 4.72 Å². The minimum atomic E-state index is -3.64. The van der Waals surface area contributed by atoms with E-state index < -0.39 is 28.6 Å². The van der Waals surface area contributed by atoms with Crippen molar-refractivity contribution in [1.29, 1.82) is 0 Å². The predicted octanol–water partition coefficient (Wildman–Crippen LogP) is -0.448. The van der Waals surface area contributed by atoms with Crippen LogP contribution in [-0.2, 0) is 20.6 Å². The molecule has 0 unspecified atom stereocenters. The molecule has 0 amide bonds. The first-order chi connectivity index (χ1) is 7.91. The summed E-state index contributed by atoms with van der Waals surface area (Å²) in [6.07, 6.45) is -1.74. The maximum Gasteiger partial charge on any atom is 0.333 e. The van der Waals surface area contributed by atoms with Gasteiger partial charge in [0.15, 0.2) is 6.10 Å². The first-order valence-corrected chi connectivity index (χ1v) is 6.48. The molecule has 1 aromatic rings. The van der Waals surface area contributed by atoms with Gasteiger partial charge in [-0.3, -0.25) is 0 Å². The molecule has 17 heavy (non-hydrogen) atoms. The Morgan fingerprint density at radius 3 is 2.41 bits per heavy atom. The van der Waals surface area contributed by atoms with E-state index in [2.05, 4.69) is 0 Å². The number of rotatable bonds is 6. The normalized spacial score (nSPS) is 13.2. The van der Waals surface area contributed by atoms with E-state index in [1.807, 2.05) is 4.72 Å². The second-order valence-electron chi connectivity index (χ2n) is 3.45. The molecule has 0 saturated heterocycles. The number of carboxylic acid groups (broad SMARTS) is 1. The molecule has 0 radical (unpaired) electrons. The quantitative estimate of drug-likeness (QED) is 0.642. The van der Waals surface area contributed by atoms with Gasteiger partial charge in [0.2, 0.25) is 10.0 Å². The lowest BCUT2D eigenvalue weighted by atomic mass is 10.2. The SMILES string of the molecule is O=C(O)[C@@H](O)CNS(=O)(=O)Cc1ccccc1. The monoisotopic (exact) mass is 259 g/mol. The minimum Gasteiger partial charge on any atom is -0.479 e. The third kappa shape index (κ3) is 4.94. The summed E-state index contributed by atoms with van der Waals surface area (Å²) in [5.74, 6) is -1.72. The molecule has 0 bridgehead atoms. The van der Waals surface area contributed by atoms with Gasteiger partial charge in [0.1, 0.15) is 0 Å². The molecule has 0 spiro atoms. The number of benzene rings is 1. The molecule has 94 valence electrons. The van der Waals surface area contributed by atoms with Gasteiger partial charge in [-0.05, 0) is 5.56 Å². The van der Waals surface area contributed by atoms with Crippen LogP contribution in [0.3, 0.4) is 0 Å². The number of carbonyl (C=O) groups is 1. The Morgan fingerprint density at radius 2 is 1.88 bits per heavy atom. The van der Waals surface area contributed by atoms with Gasteiger partial charge in [0, 0.05) is 6.54 Å². The average Bonchev–Trinajstić information content (AvgIpc) is 2.26. The summed E-state index contributed by atoms with van der Waals surface area (Å²) in [4.78, 5) is 10.3. The van der Waals surface area contributed by atoms with E-state index in [-0.39, 0.29) is 5.75 Å². The second kappa shape index (κ2) is 5.76. The van der Waals surface area contributed by atoms with Crippen LogP contribution in [0.25, 0.3) is 0 Å². The summed E-state index contributed by atoms with van der Waals surface area (Å²) in [6.45, 7) is -0.537. The summed E-state index contributed by atoms with van der Waals surface area (Å²) < 4.78 is 25.1. The first kappa shape index (κ1) is 13.6. The van der Waals surface area contributed by atoms with Crippen LogP contribution in [0.5, 0.6) is 0 Å². The molecule has 1 aromatic carbocycles. The topological polar surface area (TPSA) is 104 Å². The van der Waals surface area contributed by atoms with Gasteiger partial charge in [-0.15, -0.1) is 0 Å². The summed E-state index contributed by atoms with van der Waals surface area (Å²) in [5.41, 5.74) is 0.588. The Balaban J connectivity index is 2.56. The fourth-order valence-corrected chi connectivity index (χ4v) is 2.28. The van der Waals surface area contributed by atoms with Crippen molar-refractivity contribution in [3.05, 3.63) is 35.9 Å². The van der Waals surface area contributed by atoms with Gasteiger partial charge in [-0.2, -0.15) is 0 Å². The highest BCUT2D eigenvalue weighted by Gasteiger charge is 2.17. The number of nitrogens with one attached hydrogen (secondary N) is 1. The Hall–Kier alpha value is -1.44. The fourth-order valence-electron chi connectivity index (χ4n) is 1.14. The Kier molecular flexibility index (Phi) is 4.62. The lowest BCUT2D eigenvalue weighted by Crippen LogP contribution is -2.37. The van der Waals surface area contributed by atoms with Crippen molar-refractivity contribution in [3.8, 4) is 0 Å². The van der Waals surface area contributed by atoms with Crippen LogP contribution in [-0.4, -0.2) is 37.2 Å². The van der Waals surface area contributed by atoms with E-state index >= 15 is 0 Å². The van der Waals surface area contributed by atoms with Crippen LogP contribution < -0.4 is 4.72 Å². The van der Waals surface area contributed by atoms with Gasteiger partial charge in [-0.1, -0.05) is 30.3 Å². The maximum atomic E-state index is 11.5. The van der Waals surface area contributed by atoms with Gasteiger partial charge in [-0.25, -0.2) is 17.9 Å². The highest BCUT2D eigenvalue weighted by Crippen LogP contribution is 2.03. The number of aliphatic hydroxyl groups excluding tert-OH is 1. The summed E-state index contributed by atoms with van der Waals surface area (Å²) in [6, 6.07) is 8.46. The van der Waals surface area contributed by atoms with Gasteiger partial charge in [0.05, 0.1) is 5.75 Å². The molecule has 6 nitrogen and oxygen atoms in total. The number of hydrogen-bond acceptors (Lipinski definition) is 4. The summed E-state index contributed by atoms with van der Waals surface area (Å²) in [5, 5.41) is 17.3. The van der Waals surface area contributed by atoms with E-state index in [9.17, 15) is 13.2 Å². The highest BCUT2D eigenvalue weighted by molar-refractivity contribution is 7.88. The molecule has 0 fully saturated rings. The van der Waals surface area contributed by atoms with Crippen molar-refractivity contribution in [2.75, 3.05) is 6.54 Å². The van der Waals surface area contributed by atoms with E-state index in [0.717, 1.165) is 0 Å². The van der Waals surface area contributed by atoms with Gasteiger partial charge in [0.25, 0.3) is 0 Å². The molecule has 0 heterocycles. The van der Waals surface area contributed by atoms with Crippen molar-refractivity contribution in [3.63, 3.8) is 0 Å². The third-order valence-electron chi connectivity index (χ3n) is 1.98. The minimum absolute atomic E-state index is 0.250. The smallest absolute Gasteiger partial charge is 0.333 e. The Labute approximate surface area is 99.0 Å². The van der Waals surface area contributed by atoms with Crippen LogP contribution in [0.15, 0.2) is 30.3 Å². The molecular formula is C10H13NO5S. The second-order valence-corrected chi connectivity index (χ2v) is 5.25. The maximum absolute atomic E-state index is 11.5. The number of hydrogen-bond donors (Lipinski definition) is 3. The van der Waals surface area contributed by atoms with E-state index in [4.69, 9.17) is 10.2 Å². The Bertz CT molecular complexity index is 471. The zero-order valence-corrected chi connectivity index (χ0v) is 9.72.